The van der Waals surface area contributed by atoms with Crippen LogP contribution in [0, 0.1) is 5.41 Å². The summed E-state index contributed by atoms with van der Waals surface area (Å²) in [6.45, 7) is 3.93. The van der Waals surface area contributed by atoms with E-state index in [1.807, 2.05) is 6.92 Å². The highest BCUT2D eigenvalue weighted by atomic mass is 16.5. The van der Waals surface area contributed by atoms with Gasteiger partial charge in [0.2, 0.25) is 0 Å². The van der Waals surface area contributed by atoms with Crippen molar-refractivity contribution >= 4 is 5.84 Å². The van der Waals surface area contributed by atoms with Crippen molar-refractivity contribution in [3.8, 4) is 11.5 Å². The third-order valence-corrected chi connectivity index (χ3v) is 2.37. The van der Waals surface area contributed by atoms with Gasteiger partial charge in [-0.25, -0.2) is 0 Å². The summed E-state index contributed by atoms with van der Waals surface area (Å²) >= 11 is 0. The molecule has 0 aliphatic heterocycles. The van der Waals surface area contributed by atoms with Gasteiger partial charge in [0, 0.05) is 25.2 Å². The average molecular weight is 252 g/mol. The van der Waals surface area contributed by atoms with Gasteiger partial charge in [0.25, 0.3) is 0 Å². The first-order valence-electron chi connectivity index (χ1n) is 5.92. The number of amidine groups is 1. The molecule has 0 fully saturated rings. The lowest BCUT2D eigenvalue weighted by molar-refractivity contribution is 0.130. The second-order valence-corrected chi connectivity index (χ2v) is 3.68. The number of ether oxygens (including phenoxy) is 3. The molecule has 0 heterocycles. The van der Waals surface area contributed by atoms with E-state index >= 15 is 0 Å². The van der Waals surface area contributed by atoms with E-state index in [9.17, 15) is 0 Å². The van der Waals surface area contributed by atoms with E-state index in [1.165, 1.54) is 0 Å². The second kappa shape index (κ2) is 7.55. The fourth-order valence-electron chi connectivity index (χ4n) is 1.44. The molecule has 0 spiro atoms. The van der Waals surface area contributed by atoms with Crippen LogP contribution in [0.15, 0.2) is 18.2 Å². The van der Waals surface area contributed by atoms with Crippen LogP contribution in [0.25, 0.3) is 0 Å². The zero-order chi connectivity index (χ0) is 13.4. The van der Waals surface area contributed by atoms with Gasteiger partial charge in [-0.15, -0.1) is 0 Å². The van der Waals surface area contributed by atoms with Crippen molar-refractivity contribution in [2.75, 3.05) is 26.9 Å². The monoisotopic (exact) mass is 252 g/mol. The van der Waals surface area contributed by atoms with Crippen molar-refractivity contribution in [1.29, 1.82) is 5.41 Å². The molecule has 5 heteroatoms. The maximum absolute atomic E-state index is 7.36. The molecule has 18 heavy (non-hydrogen) atoms. The first kappa shape index (κ1) is 14.3. The fraction of sp³-hybridized carbons (Fsp3) is 0.462. The SMILES string of the molecule is CCOCCCOc1ccc(C(=N)N)cc1OC. The van der Waals surface area contributed by atoms with Crippen LogP contribution >= 0.6 is 0 Å². The van der Waals surface area contributed by atoms with Crippen LogP contribution in [0.1, 0.15) is 18.9 Å². The third-order valence-electron chi connectivity index (χ3n) is 2.37. The second-order valence-electron chi connectivity index (χ2n) is 3.68. The number of methoxy groups -OCH3 is 1. The predicted molar refractivity (Wildman–Crippen MR) is 70.6 cm³/mol. The van der Waals surface area contributed by atoms with Crippen molar-refractivity contribution < 1.29 is 14.2 Å². The molecule has 0 unspecified atom stereocenters. The van der Waals surface area contributed by atoms with E-state index in [4.69, 9.17) is 25.4 Å². The zero-order valence-corrected chi connectivity index (χ0v) is 10.9. The maximum Gasteiger partial charge on any atom is 0.161 e. The summed E-state index contributed by atoms with van der Waals surface area (Å²) < 4.78 is 16.0. The number of hydrogen-bond donors (Lipinski definition) is 2. The number of nitrogens with one attached hydrogen (secondary N) is 1. The molecule has 0 saturated heterocycles. The Morgan fingerprint density at radius 3 is 2.67 bits per heavy atom. The van der Waals surface area contributed by atoms with Gasteiger partial charge in [-0.05, 0) is 25.1 Å². The first-order chi connectivity index (χ1) is 8.69. The van der Waals surface area contributed by atoms with Crippen molar-refractivity contribution in [3.63, 3.8) is 0 Å². The van der Waals surface area contributed by atoms with E-state index in [0.717, 1.165) is 13.0 Å². The topological polar surface area (TPSA) is 77.6 Å². The summed E-state index contributed by atoms with van der Waals surface area (Å²) in [5, 5.41) is 7.36. The number of hydrogen-bond acceptors (Lipinski definition) is 4. The predicted octanol–water partition coefficient (Wildman–Crippen LogP) is 1.78. The molecule has 1 aromatic rings. The number of nitrogen functional groups attached to an aromatic ring is 1. The van der Waals surface area contributed by atoms with Crippen molar-refractivity contribution in [3.05, 3.63) is 23.8 Å². The largest absolute Gasteiger partial charge is 0.493 e. The first-order valence-corrected chi connectivity index (χ1v) is 5.92. The van der Waals surface area contributed by atoms with Gasteiger partial charge in [-0.1, -0.05) is 0 Å². The summed E-state index contributed by atoms with van der Waals surface area (Å²) in [7, 11) is 1.56. The Morgan fingerprint density at radius 1 is 1.28 bits per heavy atom. The molecule has 0 amide bonds. The Hall–Kier alpha value is -1.75. The van der Waals surface area contributed by atoms with Gasteiger partial charge >= 0.3 is 0 Å². The van der Waals surface area contributed by atoms with E-state index in [0.29, 0.717) is 30.3 Å². The summed E-state index contributed by atoms with van der Waals surface area (Å²) in [5.74, 6) is 1.24. The molecule has 3 N–H and O–H groups in total. The molecule has 0 aliphatic carbocycles. The molecule has 0 atom stereocenters. The molecule has 0 saturated carbocycles. The molecule has 0 aliphatic rings. The molecule has 1 aromatic carbocycles. The number of benzene rings is 1. The Balaban J connectivity index is 2.57. The van der Waals surface area contributed by atoms with Gasteiger partial charge in [-0.3, -0.25) is 5.41 Å². The minimum absolute atomic E-state index is 0.0104. The Morgan fingerprint density at radius 2 is 2.06 bits per heavy atom. The molecule has 0 bridgehead atoms. The smallest absolute Gasteiger partial charge is 0.161 e. The number of rotatable bonds is 8. The molecule has 100 valence electrons. The quantitative estimate of drug-likeness (QED) is 0.420. The lowest BCUT2D eigenvalue weighted by atomic mass is 10.2. The van der Waals surface area contributed by atoms with E-state index in [1.54, 1.807) is 25.3 Å². The molecular weight excluding hydrogens is 232 g/mol. The molecule has 5 nitrogen and oxygen atoms in total. The Labute approximate surface area is 107 Å². The normalized spacial score (nSPS) is 10.1. The third kappa shape index (κ3) is 4.25. The highest BCUT2D eigenvalue weighted by Gasteiger charge is 2.07. The summed E-state index contributed by atoms with van der Waals surface area (Å²) in [6, 6.07) is 5.19. The molecule has 0 aromatic heterocycles. The van der Waals surface area contributed by atoms with Crippen LogP contribution in [0.4, 0.5) is 0 Å². The summed E-state index contributed by atoms with van der Waals surface area (Å²) in [4.78, 5) is 0. The van der Waals surface area contributed by atoms with Crippen molar-refractivity contribution in [1.82, 2.24) is 0 Å². The van der Waals surface area contributed by atoms with E-state index in [-0.39, 0.29) is 5.84 Å². The van der Waals surface area contributed by atoms with Gasteiger partial charge in [-0.2, -0.15) is 0 Å². The average Bonchev–Trinajstić information content (AvgIpc) is 2.38. The summed E-state index contributed by atoms with van der Waals surface area (Å²) in [6.07, 6.45) is 0.825. The van der Waals surface area contributed by atoms with Gasteiger partial charge < -0.3 is 19.9 Å². The van der Waals surface area contributed by atoms with Crippen LogP contribution in [0.5, 0.6) is 11.5 Å². The van der Waals surface area contributed by atoms with Crippen LogP contribution in [0.3, 0.4) is 0 Å². The molecule has 1 rings (SSSR count). The Kier molecular flexibility index (Phi) is 6.00. The standard InChI is InChI=1S/C13H20N2O3/c1-3-17-7-4-8-18-11-6-5-10(13(14)15)9-12(11)16-2/h5-6,9H,3-4,7-8H2,1-2H3,(H3,14,15). The van der Waals surface area contributed by atoms with Gasteiger partial charge in [0.1, 0.15) is 5.84 Å². The van der Waals surface area contributed by atoms with Crippen LogP contribution in [0.2, 0.25) is 0 Å². The van der Waals surface area contributed by atoms with Gasteiger partial charge in [0.05, 0.1) is 13.7 Å². The highest BCUT2D eigenvalue weighted by Crippen LogP contribution is 2.27. The zero-order valence-electron chi connectivity index (χ0n) is 10.9. The van der Waals surface area contributed by atoms with Crippen molar-refractivity contribution in [2.24, 2.45) is 5.73 Å². The minimum Gasteiger partial charge on any atom is -0.493 e. The molecule has 0 radical (unpaired) electrons. The minimum atomic E-state index is 0.0104. The number of nitrogens with two attached hydrogens (primary N) is 1. The lowest BCUT2D eigenvalue weighted by Crippen LogP contribution is -2.11. The van der Waals surface area contributed by atoms with Crippen molar-refractivity contribution in [2.45, 2.75) is 13.3 Å². The van der Waals surface area contributed by atoms with Gasteiger partial charge in [0.15, 0.2) is 11.5 Å². The maximum atomic E-state index is 7.36. The molecular formula is C13H20N2O3. The van der Waals surface area contributed by atoms with Crippen LogP contribution in [-0.4, -0.2) is 32.8 Å². The highest BCUT2D eigenvalue weighted by molar-refractivity contribution is 5.95. The van der Waals surface area contributed by atoms with Crippen LogP contribution < -0.4 is 15.2 Å². The summed E-state index contributed by atoms with van der Waals surface area (Å²) in [5.41, 5.74) is 6.03. The van der Waals surface area contributed by atoms with Crippen LogP contribution in [-0.2, 0) is 4.74 Å². The van der Waals surface area contributed by atoms with E-state index in [2.05, 4.69) is 0 Å². The van der Waals surface area contributed by atoms with E-state index < -0.39 is 0 Å². The lowest BCUT2D eigenvalue weighted by Gasteiger charge is -2.11. The Bertz CT molecular complexity index is 394. The fourth-order valence-corrected chi connectivity index (χ4v) is 1.44.